The molecule has 4 nitrogen and oxygen atoms in total. The molecule has 0 fully saturated rings. The molecule has 96 valence electrons. The number of aromatic nitrogens is 3. The van der Waals surface area contributed by atoms with Crippen molar-refractivity contribution in [2.75, 3.05) is 5.32 Å². The van der Waals surface area contributed by atoms with Gasteiger partial charge in [0.25, 0.3) is 0 Å². The fourth-order valence-electron chi connectivity index (χ4n) is 2.40. The van der Waals surface area contributed by atoms with Gasteiger partial charge in [-0.25, -0.2) is 0 Å². The minimum atomic E-state index is 0.682. The standard InChI is InChI=1S/C15H16N4/c1-2-12-6-5-7-13(10-12)16-11-15-18-17-14-8-3-4-9-19(14)15/h1,5-7,10,16H,3-4,8-9,11H2. The Morgan fingerprint density at radius 1 is 1.32 bits per heavy atom. The summed E-state index contributed by atoms with van der Waals surface area (Å²) in [6, 6.07) is 7.85. The fraction of sp³-hybridized carbons (Fsp3) is 0.333. The summed E-state index contributed by atoms with van der Waals surface area (Å²) in [5, 5.41) is 11.9. The van der Waals surface area contributed by atoms with Gasteiger partial charge in [0, 0.05) is 24.2 Å². The highest BCUT2D eigenvalue weighted by atomic mass is 15.3. The molecule has 1 N–H and O–H groups in total. The van der Waals surface area contributed by atoms with Gasteiger partial charge < -0.3 is 9.88 Å². The van der Waals surface area contributed by atoms with Gasteiger partial charge in [-0.05, 0) is 31.0 Å². The van der Waals surface area contributed by atoms with E-state index in [0.717, 1.165) is 35.9 Å². The second kappa shape index (κ2) is 5.15. The summed E-state index contributed by atoms with van der Waals surface area (Å²) < 4.78 is 2.22. The number of hydrogen-bond donors (Lipinski definition) is 1. The summed E-state index contributed by atoms with van der Waals surface area (Å²) in [4.78, 5) is 0. The first kappa shape index (κ1) is 11.8. The Hall–Kier alpha value is -2.28. The first-order valence-electron chi connectivity index (χ1n) is 6.58. The first-order valence-corrected chi connectivity index (χ1v) is 6.58. The van der Waals surface area contributed by atoms with E-state index in [1.165, 1.54) is 12.8 Å². The molecule has 0 spiro atoms. The van der Waals surface area contributed by atoms with Gasteiger partial charge >= 0.3 is 0 Å². The Balaban J connectivity index is 1.72. The molecule has 1 aromatic heterocycles. The molecule has 0 saturated carbocycles. The molecule has 1 aliphatic rings. The zero-order valence-electron chi connectivity index (χ0n) is 10.8. The number of fused-ring (bicyclic) bond motifs is 1. The third kappa shape index (κ3) is 2.45. The van der Waals surface area contributed by atoms with Crippen LogP contribution in [-0.2, 0) is 19.5 Å². The summed E-state index contributed by atoms with van der Waals surface area (Å²) in [5.74, 6) is 4.75. The van der Waals surface area contributed by atoms with E-state index < -0.39 is 0 Å². The van der Waals surface area contributed by atoms with Crippen LogP contribution >= 0.6 is 0 Å². The fourth-order valence-corrected chi connectivity index (χ4v) is 2.40. The van der Waals surface area contributed by atoms with Gasteiger partial charge in [-0.1, -0.05) is 12.0 Å². The number of anilines is 1. The molecule has 0 amide bonds. The van der Waals surface area contributed by atoms with Crippen LogP contribution in [0.3, 0.4) is 0 Å². The van der Waals surface area contributed by atoms with Crippen molar-refractivity contribution >= 4 is 5.69 Å². The van der Waals surface area contributed by atoms with E-state index in [-0.39, 0.29) is 0 Å². The zero-order valence-corrected chi connectivity index (χ0v) is 10.8. The SMILES string of the molecule is C#Cc1cccc(NCc2nnc3n2CCCC3)c1. The molecule has 0 atom stereocenters. The Bertz CT molecular complexity index is 621. The minimum absolute atomic E-state index is 0.682. The molecule has 2 aromatic rings. The highest BCUT2D eigenvalue weighted by molar-refractivity contribution is 5.49. The number of terminal acetylenes is 1. The molecule has 19 heavy (non-hydrogen) atoms. The van der Waals surface area contributed by atoms with Gasteiger partial charge in [0.15, 0.2) is 5.82 Å². The zero-order chi connectivity index (χ0) is 13.1. The van der Waals surface area contributed by atoms with E-state index in [1.807, 2.05) is 24.3 Å². The second-order valence-corrected chi connectivity index (χ2v) is 4.72. The normalized spacial score (nSPS) is 13.6. The van der Waals surface area contributed by atoms with E-state index in [1.54, 1.807) is 0 Å². The maximum Gasteiger partial charge on any atom is 0.152 e. The third-order valence-corrected chi connectivity index (χ3v) is 3.42. The van der Waals surface area contributed by atoms with Crippen LogP contribution < -0.4 is 5.32 Å². The molecule has 0 bridgehead atoms. The summed E-state index contributed by atoms with van der Waals surface area (Å²) >= 11 is 0. The molecule has 0 unspecified atom stereocenters. The predicted octanol–water partition coefficient (Wildman–Crippen LogP) is 2.21. The lowest BCUT2D eigenvalue weighted by molar-refractivity contribution is 0.510. The highest BCUT2D eigenvalue weighted by Gasteiger charge is 2.15. The van der Waals surface area contributed by atoms with E-state index in [2.05, 4.69) is 26.0 Å². The molecule has 1 aromatic carbocycles. The van der Waals surface area contributed by atoms with Crippen molar-refractivity contribution in [2.24, 2.45) is 0 Å². The largest absolute Gasteiger partial charge is 0.378 e. The van der Waals surface area contributed by atoms with Gasteiger partial charge in [0.1, 0.15) is 5.82 Å². The van der Waals surface area contributed by atoms with Crippen molar-refractivity contribution in [3.8, 4) is 12.3 Å². The lowest BCUT2D eigenvalue weighted by atomic mass is 10.1. The quantitative estimate of drug-likeness (QED) is 0.852. The van der Waals surface area contributed by atoms with Crippen LogP contribution in [-0.4, -0.2) is 14.8 Å². The summed E-state index contributed by atoms with van der Waals surface area (Å²) in [7, 11) is 0. The maximum absolute atomic E-state index is 5.40. The summed E-state index contributed by atoms with van der Waals surface area (Å²) in [5.41, 5.74) is 1.90. The van der Waals surface area contributed by atoms with Crippen molar-refractivity contribution in [1.29, 1.82) is 0 Å². The molecule has 0 radical (unpaired) electrons. The minimum Gasteiger partial charge on any atom is -0.378 e. The van der Waals surface area contributed by atoms with E-state index >= 15 is 0 Å². The van der Waals surface area contributed by atoms with Gasteiger partial charge in [0.2, 0.25) is 0 Å². The topological polar surface area (TPSA) is 42.7 Å². The van der Waals surface area contributed by atoms with Crippen molar-refractivity contribution in [1.82, 2.24) is 14.8 Å². The Morgan fingerprint density at radius 2 is 2.26 bits per heavy atom. The number of nitrogens with one attached hydrogen (secondary N) is 1. The van der Waals surface area contributed by atoms with Gasteiger partial charge in [-0.2, -0.15) is 0 Å². The van der Waals surface area contributed by atoms with Crippen molar-refractivity contribution in [3.05, 3.63) is 41.5 Å². The monoisotopic (exact) mass is 252 g/mol. The maximum atomic E-state index is 5.40. The lowest BCUT2D eigenvalue weighted by Gasteiger charge is -2.15. The Kier molecular flexibility index (Phi) is 3.20. The van der Waals surface area contributed by atoms with Crippen LogP contribution in [0.5, 0.6) is 0 Å². The predicted molar refractivity (Wildman–Crippen MR) is 74.7 cm³/mol. The molecule has 3 rings (SSSR count). The molecule has 4 heteroatoms. The van der Waals surface area contributed by atoms with Crippen LogP contribution in [0.15, 0.2) is 24.3 Å². The van der Waals surface area contributed by atoms with Crippen LogP contribution in [0.1, 0.15) is 30.1 Å². The average molecular weight is 252 g/mol. The number of aryl methyl sites for hydroxylation is 1. The van der Waals surface area contributed by atoms with Crippen LogP contribution in [0.4, 0.5) is 5.69 Å². The number of rotatable bonds is 3. The summed E-state index contributed by atoms with van der Waals surface area (Å²) in [6.45, 7) is 1.71. The Morgan fingerprint density at radius 3 is 3.16 bits per heavy atom. The molecule has 1 aliphatic heterocycles. The van der Waals surface area contributed by atoms with E-state index in [4.69, 9.17) is 6.42 Å². The van der Waals surface area contributed by atoms with Crippen molar-refractivity contribution in [2.45, 2.75) is 32.4 Å². The second-order valence-electron chi connectivity index (χ2n) is 4.72. The van der Waals surface area contributed by atoms with Gasteiger partial charge in [-0.3, -0.25) is 0 Å². The van der Waals surface area contributed by atoms with E-state index in [0.29, 0.717) is 6.54 Å². The number of hydrogen-bond acceptors (Lipinski definition) is 3. The van der Waals surface area contributed by atoms with E-state index in [9.17, 15) is 0 Å². The molecular weight excluding hydrogens is 236 g/mol. The number of benzene rings is 1. The van der Waals surface area contributed by atoms with Crippen LogP contribution in [0.25, 0.3) is 0 Å². The first-order chi connectivity index (χ1) is 9.36. The van der Waals surface area contributed by atoms with Crippen LogP contribution in [0.2, 0.25) is 0 Å². The number of nitrogens with zero attached hydrogens (tertiary/aromatic N) is 3. The van der Waals surface area contributed by atoms with Crippen molar-refractivity contribution < 1.29 is 0 Å². The average Bonchev–Trinajstić information content (AvgIpc) is 2.89. The molecule has 0 saturated heterocycles. The molecule has 2 heterocycles. The van der Waals surface area contributed by atoms with Crippen molar-refractivity contribution in [3.63, 3.8) is 0 Å². The lowest BCUT2D eigenvalue weighted by Crippen LogP contribution is -2.15. The third-order valence-electron chi connectivity index (χ3n) is 3.42. The van der Waals surface area contributed by atoms with Crippen LogP contribution in [0, 0.1) is 12.3 Å². The van der Waals surface area contributed by atoms with Gasteiger partial charge in [0.05, 0.1) is 6.54 Å². The molecule has 0 aliphatic carbocycles. The summed E-state index contributed by atoms with van der Waals surface area (Å²) in [6.07, 6.45) is 8.87. The van der Waals surface area contributed by atoms with Gasteiger partial charge in [-0.15, -0.1) is 16.6 Å². The Labute approximate surface area is 112 Å². The molecular formula is C15H16N4. The highest BCUT2D eigenvalue weighted by Crippen LogP contribution is 2.16. The smallest absolute Gasteiger partial charge is 0.152 e.